The lowest BCUT2D eigenvalue weighted by atomic mass is 10.1. The zero-order valence-corrected chi connectivity index (χ0v) is 13.4. The van der Waals surface area contributed by atoms with Crippen molar-refractivity contribution >= 4 is 12.0 Å². The van der Waals surface area contributed by atoms with E-state index in [0.717, 1.165) is 12.8 Å². The summed E-state index contributed by atoms with van der Waals surface area (Å²) >= 11 is 0. The molecule has 0 aliphatic carbocycles. The summed E-state index contributed by atoms with van der Waals surface area (Å²) in [7, 11) is 0. The average Bonchev–Trinajstić information content (AvgIpc) is 2.68. The van der Waals surface area contributed by atoms with Crippen LogP contribution in [0.25, 0.3) is 0 Å². The predicted octanol–water partition coefficient (Wildman–Crippen LogP) is 2.43. The van der Waals surface area contributed by atoms with Gasteiger partial charge in [-0.25, -0.2) is 4.48 Å². The summed E-state index contributed by atoms with van der Waals surface area (Å²) in [6, 6.07) is -0.441. The molecule has 1 heterocycles. The third kappa shape index (κ3) is 3.95. The second-order valence-electron chi connectivity index (χ2n) is 7.20. The Morgan fingerprint density at radius 1 is 1.35 bits per heavy atom. The van der Waals surface area contributed by atoms with Crippen LogP contribution in [0.15, 0.2) is 0 Å². The largest absolute Gasteiger partial charge is 0.517 e. The normalized spacial score (nSPS) is 26.8. The Morgan fingerprint density at radius 2 is 1.95 bits per heavy atom. The highest BCUT2D eigenvalue weighted by atomic mass is 16.6. The summed E-state index contributed by atoms with van der Waals surface area (Å²) < 4.78 is 5.64. The van der Waals surface area contributed by atoms with Crippen LogP contribution in [0.3, 0.4) is 0 Å². The first-order valence-electron chi connectivity index (χ1n) is 7.48. The van der Waals surface area contributed by atoms with Crippen molar-refractivity contribution in [2.75, 3.05) is 13.1 Å². The fourth-order valence-electron chi connectivity index (χ4n) is 2.77. The standard InChI is InChI=1S/C15H28N2O3/c1-11(2)8-10-17(14(19)20-15(3,4)5)9-6-7-12(17)13(16)18/h11-12H,6-10H2,1-5H3,(H-,16,18)/p+1/t12?,17-/m1/s1. The maximum absolute atomic E-state index is 12.7. The van der Waals surface area contributed by atoms with Crippen molar-refractivity contribution in [1.82, 2.24) is 0 Å². The van der Waals surface area contributed by atoms with Crippen molar-refractivity contribution in [3.8, 4) is 0 Å². The zero-order chi connectivity index (χ0) is 15.6. The second kappa shape index (κ2) is 6.12. The number of carbonyl (C=O) groups excluding carboxylic acids is 2. The molecule has 1 aliphatic rings. The molecular weight excluding hydrogens is 256 g/mol. The number of likely N-dealkylation sites (tertiary alicyclic amines) is 1. The quantitative estimate of drug-likeness (QED) is 0.807. The SMILES string of the molecule is CC(C)CC[N@+]1(C(=O)OC(C)(C)C)CCCC1C(N)=O. The molecule has 0 aromatic rings. The molecule has 2 atom stereocenters. The Kier molecular flexibility index (Phi) is 5.19. The van der Waals surface area contributed by atoms with E-state index in [9.17, 15) is 9.59 Å². The first-order valence-corrected chi connectivity index (χ1v) is 7.48. The third-order valence-electron chi connectivity index (χ3n) is 3.82. The first kappa shape index (κ1) is 17.0. The van der Waals surface area contributed by atoms with Crippen molar-refractivity contribution in [2.45, 2.75) is 65.5 Å². The van der Waals surface area contributed by atoms with Gasteiger partial charge in [-0.15, -0.1) is 0 Å². The molecule has 0 saturated carbocycles. The number of quaternary nitrogens is 1. The van der Waals surface area contributed by atoms with Gasteiger partial charge < -0.3 is 10.5 Å². The van der Waals surface area contributed by atoms with Crippen LogP contribution in [0, 0.1) is 5.92 Å². The van der Waals surface area contributed by atoms with E-state index >= 15 is 0 Å². The molecule has 1 saturated heterocycles. The van der Waals surface area contributed by atoms with Crippen molar-refractivity contribution in [3.05, 3.63) is 0 Å². The zero-order valence-electron chi connectivity index (χ0n) is 13.4. The minimum Gasteiger partial charge on any atom is -0.414 e. The number of nitrogens with zero attached hydrogens (tertiary/aromatic N) is 1. The third-order valence-corrected chi connectivity index (χ3v) is 3.82. The van der Waals surface area contributed by atoms with Crippen molar-refractivity contribution in [2.24, 2.45) is 11.7 Å². The predicted molar refractivity (Wildman–Crippen MR) is 77.9 cm³/mol. The van der Waals surface area contributed by atoms with Crippen molar-refractivity contribution < 1.29 is 18.8 Å². The number of hydrogen-bond acceptors (Lipinski definition) is 3. The maximum atomic E-state index is 12.7. The van der Waals surface area contributed by atoms with Crippen molar-refractivity contribution in [3.63, 3.8) is 0 Å². The lowest BCUT2D eigenvalue weighted by Gasteiger charge is -2.36. The lowest BCUT2D eigenvalue weighted by Crippen LogP contribution is -2.61. The number of carbonyl (C=O) groups is 2. The van der Waals surface area contributed by atoms with Gasteiger partial charge in [0.1, 0.15) is 5.60 Å². The van der Waals surface area contributed by atoms with Crippen molar-refractivity contribution in [1.29, 1.82) is 0 Å². The molecule has 1 unspecified atom stereocenters. The van der Waals surface area contributed by atoms with E-state index in [-0.39, 0.29) is 10.6 Å². The summed E-state index contributed by atoms with van der Waals surface area (Å²) in [4.78, 5) is 24.4. The van der Waals surface area contributed by atoms with Gasteiger partial charge in [-0.1, -0.05) is 13.8 Å². The molecule has 0 aromatic carbocycles. The van der Waals surface area contributed by atoms with Gasteiger partial charge in [-0.3, -0.25) is 4.79 Å². The Labute approximate surface area is 122 Å². The summed E-state index contributed by atoms with van der Waals surface area (Å²) in [6.07, 6.45) is 2.08. The molecule has 1 fully saturated rings. The Balaban J connectivity index is 3.00. The van der Waals surface area contributed by atoms with E-state index in [1.165, 1.54) is 0 Å². The molecule has 5 heteroatoms. The van der Waals surface area contributed by atoms with E-state index < -0.39 is 17.6 Å². The summed E-state index contributed by atoms with van der Waals surface area (Å²) in [6.45, 7) is 11.0. The van der Waals surface area contributed by atoms with Crippen LogP contribution in [0.2, 0.25) is 0 Å². The lowest BCUT2D eigenvalue weighted by molar-refractivity contribution is -0.862. The van der Waals surface area contributed by atoms with Gasteiger partial charge in [0, 0.05) is 12.8 Å². The van der Waals surface area contributed by atoms with Gasteiger partial charge in [0.05, 0.1) is 13.1 Å². The van der Waals surface area contributed by atoms with Crippen LogP contribution in [0.1, 0.15) is 53.9 Å². The van der Waals surface area contributed by atoms with Crippen LogP contribution in [-0.4, -0.2) is 41.2 Å². The topological polar surface area (TPSA) is 69.4 Å². The van der Waals surface area contributed by atoms with Crippen LogP contribution in [0.5, 0.6) is 0 Å². The molecule has 0 radical (unpaired) electrons. The Bertz CT molecular complexity index is 374. The molecule has 20 heavy (non-hydrogen) atoms. The highest BCUT2D eigenvalue weighted by molar-refractivity contribution is 5.81. The van der Waals surface area contributed by atoms with E-state index in [2.05, 4.69) is 13.8 Å². The van der Waals surface area contributed by atoms with Gasteiger partial charge in [0.2, 0.25) is 0 Å². The second-order valence-corrected chi connectivity index (χ2v) is 7.20. The fraction of sp³-hybridized carbons (Fsp3) is 0.867. The van der Waals surface area contributed by atoms with Crippen LogP contribution in [-0.2, 0) is 9.53 Å². The minimum absolute atomic E-state index is 0.0742. The number of nitrogens with two attached hydrogens (primary N) is 1. The monoisotopic (exact) mass is 285 g/mol. The summed E-state index contributed by atoms with van der Waals surface area (Å²) in [5.74, 6) is 0.0821. The van der Waals surface area contributed by atoms with E-state index in [1.54, 1.807) is 0 Å². The average molecular weight is 285 g/mol. The van der Waals surface area contributed by atoms with Gasteiger partial charge in [-0.2, -0.15) is 4.79 Å². The van der Waals surface area contributed by atoms with Gasteiger partial charge >= 0.3 is 6.09 Å². The smallest absolute Gasteiger partial charge is 0.414 e. The molecule has 2 N–H and O–H groups in total. The number of primary amides is 1. The Morgan fingerprint density at radius 3 is 2.40 bits per heavy atom. The highest BCUT2D eigenvalue weighted by Gasteiger charge is 2.53. The van der Waals surface area contributed by atoms with Gasteiger partial charge in [0.15, 0.2) is 6.04 Å². The molecule has 116 valence electrons. The summed E-state index contributed by atoms with van der Waals surface area (Å²) in [5.41, 5.74) is 4.97. The van der Waals surface area contributed by atoms with Gasteiger partial charge in [-0.05, 0) is 33.1 Å². The molecule has 1 aliphatic heterocycles. The fourth-order valence-corrected chi connectivity index (χ4v) is 2.77. The van der Waals surface area contributed by atoms with Gasteiger partial charge in [0.25, 0.3) is 5.91 Å². The van der Waals surface area contributed by atoms with Crippen LogP contribution >= 0.6 is 0 Å². The van der Waals surface area contributed by atoms with E-state index in [4.69, 9.17) is 10.5 Å². The molecule has 1 rings (SSSR count). The molecule has 2 amide bonds. The highest BCUT2D eigenvalue weighted by Crippen LogP contribution is 2.31. The van der Waals surface area contributed by atoms with Crippen LogP contribution in [0.4, 0.5) is 4.79 Å². The summed E-state index contributed by atoms with van der Waals surface area (Å²) in [5, 5.41) is 0. The maximum Gasteiger partial charge on any atom is 0.517 e. The van der Waals surface area contributed by atoms with E-state index in [0.29, 0.717) is 25.4 Å². The molecule has 0 bridgehead atoms. The molecule has 0 spiro atoms. The number of ether oxygens (including phenoxy) is 1. The molecular formula is C15H29N2O3+. The Hall–Kier alpha value is -1.10. The minimum atomic E-state index is -0.551. The van der Waals surface area contributed by atoms with E-state index in [1.807, 2.05) is 20.8 Å². The number of amides is 2. The van der Waals surface area contributed by atoms with Crippen LogP contribution < -0.4 is 5.73 Å². The molecule has 0 aromatic heterocycles. The number of hydrogen-bond donors (Lipinski definition) is 1. The molecule has 5 nitrogen and oxygen atoms in total. The number of rotatable bonds is 4. The first-order chi connectivity index (χ1) is 9.08.